The Morgan fingerprint density at radius 2 is 2.47 bits per heavy atom. The normalized spacial score (nSPS) is 21.3. The van der Waals surface area contributed by atoms with E-state index in [2.05, 4.69) is 4.98 Å². The van der Waals surface area contributed by atoms with E-state index in [1.54, 1.807) is 0 Å². The number of aromatic nitrogens is 1. The van der Waals surface area contributed by atoms with Crippen molar-refractivity contribution in [2.24, 2.45) is 5.92 Å². The van der Waals surface area contributed by atoms with Gasteiger partial charge in [-0.05, 0) is 25.8 Å². The van der Waals surface area contributed by atoms with Crippen LogP contribution in [0.15, 0.2) is 18.2 Å². The third kappa shape index (κ3) is 3.20. The van der Waals surface area contributed by atoms with E-state index >= 15 is 0 Å². The summed E-state index contributed by atoms with van der Waals surface area (Å²) >= 11 is 0. The van der Waals surface area contributed by atoms with Crippen LogP contribution in [-0.2, 0) is 4.74 Å². The predicted molar refractivity (Wildman–Crippen MR) is 58.0 cm³/mol. The molecule has 0 N–H and O–H groups in total. The molecule has 1 aromatic rings. The van der Waals surface area contributed by atoms with Gasteiger partial charge in [0.15, 0.2) is 0 Å². The minimum Gasteiger partial charge on any atom is -0.477 e. The second kappa shape index (κ2) is 5.12. The molecule has 1 aromatic heterocycles. The van der Waals surface area contributed by atoms with E-state index in [-0.39, 0.29) is 0 Å². The molecule has 0 aromatic carbocycles. The molecule has 1 saturated heterocycles. The minimum atomic E-state index is 0.529. The maximum Gasteiger partial charge on any atom is 0.213 e. The van der Waals surface area contributed by atoms with Crippen molar-refractivity contribution in [3.63, 3.8) is 0 Å². The largest absolute Gasteiger partial charge is 0.477 e. The van der Waals surface area contributed by atoms with E-state index in [1.165, 1.54) is 6.42 Å². The lowest BCUT2D eigenvalue weighted by atomic mass is 10.0. The summed E-state index contributed by atoms with van der Waals surface area (Å²) in [6, 6.07) is 5.84. The van der Waals surface area contributed by atoms with E-state index in [1.807, 2.05) is 25.1 Å². The van der Waals surface area contributed by atoms with Crippen LogP contribution in [0, 0.1) is 12.8 Å². The first-order chi connectivity index (χ1) is 7.34. The number of ether oxygens (including phenoxy) is 2. The van der Waals surface area contributed by atoms with Crippen LogP contribution in [-0.4, -0.2) is 24.8 Å². The number of hydrogen-bond donors (Lipinski definition) is 0. The molecular weight excluding hydrogens is 190 g/mol. The molecular formula is C12H17NO2. The summed E-state index contributed by atoms with van der Waals surface area (Å²) in [6.07, 6.45) is 2.35. The van der Waals surface area contributed by atoms with Gasteiger partial charge < -0.3 is 9.47 Å². The van der Waals surface area contributed by atoms with Crippen molar-refractivity contribution in [1.29, 1.82) is 0 Å². The Bertz CT molecular complexity index is 308. The third-order valence-electron chi connectivity index (χ3n) is 2.58. The lowest BCUT2D eigenvalue weighted by Gasteiger charge is -2.21. The molecule has 1 aliphatic rings. The standard InChI is InChI=1S/C12H17NO2/c1-10-4-2-6-12(13-10)15-9-11-5-3-7-14-8-11/h2,4,6,11H,3,5,7-9H2,1H3. The van der Waals surface area contributed by atoms with E-state index < -0.39 is 0 Å². The van der Waals surface area contributed by atoms with Crippen LogP contribution >= 0.6 is 0 Å². The highest BCUT2D eigenvalue weighted by Gasteiger charge is 2.14. The number of pyridine rings is 1. The van der Waals surface area contributed by atoms with Gasteiger partial charge in [0, 0.05) is 24.3 Å². The van der Waals surface area contributed by atoms with Crippen LogP contribution in [0.2, 0.25) is 0 Å². The monoisotopic (exact) mass is 207 g/mol. The number of aryl methyl sites for hydroxylation is 1. The summed E-state index contributed by atoms with van der Waals surface area (Å²) in [5.41, 5.74) is 0.993. The van der Waals surface area contributed by atoms with Crippen molar-refractivity contribution in [3.8, 4) is 5.88 Å². The Hall–Kier alpha value is -1.09. The van der Waals surface area contributed by atoms with Gasteiger partial charge in [-0.2, -0.15) is 0 Å². The highest BCUT2D eigenvalue weighted by molar-refractivity contribution is 5.14. The van der Waals surface area contributed by atoms with Crippen molar-refractivity contribution < 1.29 is 9.47 Å². The molecule has 0 saturated carbocycles. The second-order valence-corrected chi connectivity index (χ2v) is 4.01. The zero-order valence-corrected chi connectivity index (χ0v) is 9.11. The number of hydrogen-bond acceptors (Lipinski definition) is 3. The lowest BCUT2D eigenvalue weighted by molar-refractivity contribution is 0.0344. The molecule has 1 unspecified atom stereocenters. The first-order valence-corrected chi connectivity index (χ1v) is 5.49. The van der Waals surface area contributed by atoms with Crippen molar-refractivity contribution in [2.45, 2.75) is 19.8 Å². The van der Waals surface area contributed by atoms with E-state index in [9.17, 15) is 0 Å². The van der Waals surface area contributed by atoms with E-state index in [0.717, 1.165) is 37.8 Å². The third-order valence-corrected chi connectivity index (χ3v) is 2.58. The molecule has 15 heavy (non-hydrogen) atoms. The summed E-state index contributed by atoms with van der Waals surface area (Å²) in [6.45, 7) is 4.41. The topological polar surface area (TPSA) is 31.4 Å². The van der Waals surface area contributed by atoms with Gasteiger partial charge in [0.05, 0.1) is 13.2 Å². The van der Waals surface area contributed by atoms with Crippen LogP contribution in [0.1, 0.15) is 18.5 Å². The average Bonchev–Trinajstić information content (AvgIpc) is 2.28. The second-order valence-electron chi connectivity index (χ2n) is 4.01. The minimum absolute atomic E-state index is 0.529. The molecule has 1 atom stereocenters. The van der Waals surface area contributed by atoms with Gasteiger partial charge in [-0.3, -0.25) is 0 Å². The molecule has 2 heterocycles. The average molecular weight is 207 g/mol. The quantitative estimate of drug-likeness (QED) is 0.761. The smallest absolute Gasteiger partial charge is 0.213 e. The first kappa shape index (κ1) is 10.4. The van der Waals surface area contributed by atoms with Gasteiger partial charge >= 0.3 is 0 Å². The zero-order chi connectivity index (χ0) is 10.5. The summed E-state index contributed by atoms with van der Waals surface area (Å²) in [7, 11) is 0. The van der Waals surface area contributed by atoms with Gasteiger partial charge in [0.2, 0.25) is 5.88 Å². The maximum absolute atomic E-state index is 5.64. The highest BCUT2D eigenvalue weighted by atomic mass is 16.5. The molecule has 3 nitrogen and oxygen atoms in total. The molecule has 1 fully saturated rings. The molecule has 82 valence electrons. The molecule has 3 heteroatoms. The number of nitrogens with zero attached hydrogens (tertiary/aromatic N) is 1. The van der Waals surface area contributed by atoms with Crippen molar-refractivity contribution in [2.75, 3.05) is 19.8 Å². The lowest BCUT2D eigenvalue weighted by Crippen LogP contribution is -2.23. The Morgan fingerprint density at radius 3 is 3.20 bits per heavy atom. The molecule has 0 spiro atoms. The molecule has 0 aliphatic carbocycles. The van der Waals surface area contributed by atoms with Crippen LogP contribution in [0.4, 0.5) is 0 Å². The van der Waals surface area contributed by atoms with Gasteiger partial charge in [-0.1, -0.05) is 6.07 Å². The van der Waals surface area contributed by atoms with E-state index in [4.69, 9.17) is 9.47 Å². The molecule has 1 aliphatic heterocycles. The fourth-order valence-electron chi connectivity index (χ4n) is 1.74. The van der Waals surface area contributed by atoms with Gasteiger partial charge in [-0.25, -0.2) is 4.98 Å². The first-order valence-electron chi connectivity index (χ1n) is 5.49. The summed E-state index contributed by atoms with van der Waals surface area (Å²) in [5, 5.41) is 0. The Kier molecular flexibility index (Phi) is 3.56. The molecule has 2 rings (SSSR count). The fraction of sp³-hybridized carbons (Fsp3) is 0.583. The van der Waals surface area contributed by atoms with Crippen molar-refractivity contribution in [1.82, 2.24) is 4.98 Å². The molecule has 0 amide bonds. The summed E-state index contributed by atoms with van der Waals surface area (Å²) in [5.74, 6) is 1.25. The van der Waals surface area contributed by atoms with Gasteiger partial charge in [0.25, 0.3) is 0 Å². The van der Waals surface area contributed by atoms with Gasteiger partial charge in [0.1, 0.15) is 0 Å². The number of rotatable bonds is 3. The SMILES string of the molecule is Cc1cccc(OCC2CCCOC2)n1. The summed E-state index contributed by atoms with van der Waals surface area (Å²) in [4.78, 5) is 4.29. The molecule has 0 bridgehead atoms. The van der Waals surface area contributed by atoms with Crippen LogP contribution in [0.5, 0.6) is 5.88 Å². The van der Waals surface area contributed by atoms with Crippen molar-refractivity contribution >= 4 is 0 Å². The molecule has 0 radical (unpaired) electrons. The van der Waals surface area contributed by atoms with Crippen LogP contribution < -0.4 is 4.74 Å². The Morgan fingerprint density at radius 1 is 1.53 bits per heavy atom. The van der Waals surface area contributed by atoms with E-state index in [0.29, 0.717) is 5.92 Å². The maximum atomic E-state index is 5.64. The Balaban J connectivity index is 1.81. The van der Waals surface area contributed by atoms with Gasteiger partial charge in [-0.15, -0.1) is 0 Å². The predicted octanol–water partition coefficient (Wildman–Crippen LogP) is 2.20. The summed E-state index contributed by atoms with van der Waals surface area (Å²) < 4.78 is 11.0. The Labute approximate surface area is 90.4 Å². The van der Waals surface area contributed by atoms with Crippen LogP contribution in [0.3, 0.4) is 0 Å². The van der Waals surface area contributed by atoms with Crippen LogP contribution in [0.25, 0.3) is 0 Å². The zero-order valence-electron chi connectivity index (χ0n) is 9.11. The van der Waals surface area contributed by atoms with Crippen molar-refractivity contribution in [3.05, 3.63) is 23.9 Å². The highest BCUT2D eigenvalue weighted by Crippen LogP contribution is 2.15. The fourth-order valence-corrected chi connectivity index (χ4v) is 1.74.